The predicted molar refractivity (Wildman–Crippen MR) is 121 cm³/mol. The van der Waals surface area contributed by atoms with E-state index < -0.39 is 5.60 Å². The van der Waals surface area contributed by atoms with E-state index in [2.05, 4.69) is 39.7 Å². The first-order valence-corrected chi connectivity index (χ1v) is 11.6. The predicted octanol–water partition coefficient (Wildman–Crippen LogP) is 5.62. The van der Waals surface area contributed by atoms with Crippen molar-refractivity contribution in [3.8, 4) is 10.6 Å². The quantitative estimate of drug-likeness (QED) is 0.573. The molecule has 0 saturated heterocycles. The second-order valence-electron chi connectivity index (χ2n) is 8.99. The van der Waals surface area contributed by atoms with Gasteiger partial charge >= 0.3 is 6.09 Å². The number of hydrogen-bond acceptors (Lipinski definition) is 7. The number of nitrogens with zero attached hydrogens (tertiary/aromatic N) is 3. The lowest BCUT2D eigenvalue weighted by atomic mass is 9.86. The summed E-state index contributed by atoms with van der Waals surface area (Å²) >= 11 is 7.68. The Balaban J connectivity index is 1.62. The molecule has 0 unspecified atom stereocenters. The number of pyridine rings is 1. The van der Waals surface area contributed by atoms with Gasteiger partial charge in [-0.25, -0.2) is 9.78 Å². The molecule has 0 atom stereocenters. The summed E-state index contributed by atoms with van der Waals surface area (Å²) in [6, 6.07) is 2.24. The first-order valence-electron chi connectivity index (χ1n) is 10.4. The van der Waals surface area contributed by atoms with Crippen molar-refractivity contribution in [2.24, 2.45) is 0 Å². The number of halogens is 1. The van der Waals surface area contributed by atoms with Crippen LogP contribution in [0.25, 0.3) is 10.6 Å². The molecule has 2 aromatic rings. The number of alkyl carbamates (subject to hydrolysis) is 1. The van der Waals surface area contributed by atoms with Crippen molar-refractivity contribution in [2.75, 3.05) is 5.32 Å². The maximum Gasteiger partial charge on any atom is 0.407 e. The highest BCUT2D eigenvalue weighted by atomic mass is 35.5. The van der Waals surface area contributed by atoms with E-state index in [0.717, 1.165) is 46.9 Å². The van der Waals surface area contributed by atoms with E-state index in [-0.39, 0.29) is 18.2 Å². The van der Waals surface area contributed by atoms with Gasteiger partial charge in [-0.05, 0) is 66.4 Å². The van der Waals surface area contributed by atoms with Gasteiger partial charge in [-0.2, -0.15) is 0 Å². The zero-order valence-corrected chi connectivity index (χ0v) is 19.7. The molecule has 0 radical (unpaired) electrons. The highest BCUT2D eigenvalue weighted by molar-refractivity contribution is 7.14. The van der Waals surface area contributed by atoms with Gasteiger partial charge in [0.25, 0.3) is 0 Å². The molecule has 1 saturated carbocycles. The van der Waals surface area contributed by atoms with Gasteiger partial charge in [0.1, 0.15) is 15.8 Å². The van der Waals surface area contributed by atoms with Crippen molar-refractivity contribution in [2.45, 2.75) is 83.9 Å². The van der Waals surface area contributed by atoms with Crippen molar-refractivity contribution in [3.63, 3.8) is 0 Å². The van der Waals surface area contributed by atoms with Gasteiger partial charge in [0.15, 0.2) is 5.01 Å². The Bertz CT molecular complexity index is 873. The molecule has 3 rings (SSSR count). The highest BCUT2D eigenvalue weighted by Gasteiger charge is 2.28. The fourth-order valence-electron chi connectivity index (χ4n) is 3.50. The van der Waals surface area contributed by atoms with Crippen LogP contribution in [0.2, 0.25) is 5.15 Å². The van der Waals surface area contributed by atoms with Gasteiger partial charge in [0.2, 0.25) is 0 Å². The Hall–Kier alpha value is -1.93. The summed E-state index contributed by atoms with van der Waals surface area (Å²) in [7, 11) is 0. The van der Waals surface area contributed by atoms with Crippen LogP contribution in [0.5, 0.6) is 0 Å². The van der Waals surface area contributed by atoms with E-state index in [9.17, 15) is 4.79 Å². The van der Waals surface area contributed by atoms with Crippen molar-refractivity contribution in [3.05, 3.63) is 22.4 Å². The Morgan fingerprint density at radius 1 is 1.23 bits per heavy atom. The van der Waals surface area contributed by atoms with Gasteiger partial charge in [-0.3, -0.25) is 0 Å². The number of amides is 1. The van der Waals surface area contributed by atoms with Crippen LogP contribution in [0, 0.1) is 0 Å². The van der Waals surface area contributed by atoms with E-state index in [0.29, 0.717) is 11.1 Å². The van der Waals surface area contributed by atoms with Crippen molar-refractivity contribution in [1.82, 2.24) is 20.5 Å². The second-order valence-corrected chi connectivity index (χ2v) is 10.4. The smallest absolute Gasteiger partial charge is 0.407 e. The molecule has 0 aliphatic heterocycles. The molecule has 2 heterocycles. The molecule has 164 valence electrons. The third-order valence-corrected chi connectivity index (χ3v) is 6.11. The largest absolute Gasteiger partial charge is 0.444 e. The molecule has 2 N–H and O–H groups in total. The summed E-state index contributed by atoms with van der Waals surface area (Å²) in [6.45, 7) is 9.76. The fourth-order valence-corrected chi connectivity index (χ4v) is 4.69. The number of nitrogens with one attached hydrogen (secondary N) is 2. The van der Waals surface area contributed by atoms with Crippen molar-refractivity contribution in [1.29, 1.82) is 0 Å². The first kappa shape index (κ1) is 22.7. The van der Waals surface area contributed by atoms with Crippen LogP contribution in [-0.2, 0) is 4.74 Å². The normalized spacial score (nSPS) is 19.6. The molecule has 2 aromatic heterocycles. The molecule has 9 heteroatoms. The monoisotopic (exact) mass is 451 g/mol. The maximum absolute atomic E-state index is 12.0. The third kappa shape index (κ3) is 6.28. The topological polar surface area (TPSA) is 89.0 Å². The Morgan fingerprint density at radius 3 is 2.57 bits per heavy atom. The van der Waals surface area contributed by atoms with Gasteiger partial charge in [-0.15, -0.1) is 10.2 Å². The molecular weight excluding hydrogens is 422 g/mol. The number of carbonyl (C=O) groups is 1. The number of rotatable bonds is 5. The van der Waals surface area contributed by atoms with Crippen LogP contribution in [-0.4, -0.2) is 39.0 Å². The zero-order chi connectivity index (χ0) is 21.9. The zero-order valence-electron chi connectivity index (χ0n) is 18.2. The van der Waals surface area contributed by atoms with Gasteiger partial charge in [-0.1, -0.05) is 22.9 Å². The molecule has 0 aromatic carbocycles. The summed E-state index contributed by atoms with van der Waals surface area (Å²) in [5.41, 5.74) is 1.35. The lowest BCUT2D eigenvalue weighted by Crippen LogP contribution is -2.40. The van der Waals surface area contributed by atoms with Crippen molar-refractivity contribution < 1.29 is 9.53 Å². The molecule has 1 amide bonds. The maximum atomic E-state index is 12.0. The van der Waals surface area contributed by atoms with Crippen LogP contribution < -0.4 is 10.6 Å². The van der Waals surface area contributed by atoms with Crippen LogP contribution in [0.3, 0.4) is 0 Å². The summed E-state index contributed by atoms with van der Waals surface area (Å²) in [6.07, 6.45) is 5.14. The molecule has 0 spiro atoms. The van der Waals surface area contributed by atoms with Crippen LogP contribution >= 0.6 is 22.9 Å². The number of anilines is 1. The lowest BCUT2D eigenvalue weighted by molar-refractivity contribution is 0.0491. The number of carbonyl (C=O) groups excluding carboxylic acids is 1. The molecule has 0 bridgehead atoms. The molecule has 30 heavy (non-hydrogen) atoms. The van der Waals surface area contributed by atoms with E-state index in [4.69, 9.17) is 16.3 Å². The van der Waals surface area contributed by atoms with E-state index in [1.54, 1.807) is 17.5 Å². The van der Waals surface area contributed by atoms with Crippen LogP contribution in [0.4, 0.5) is 10.5 Å². The minimum absolute atomic E-state index is 0.144. The highest BCUT2D eigenvalue weighted by Crippen LogP contribution is 2.38. The summed E-state index contributed by atoms with van der Waals surface area (Å²) in [5.74, 6) is 0.356. The van der Waals surface area contributed by atoms with Gasteiger partial charge in [0.05, 0.1) is 5.56 Å². The standard InChI is InChI=1S/C21H30ClN5O2S/c1-12(2)24-16-10-17(22)23-11-15(16)19-27-26-18(30-19)13-6-8-14(9-7-13)25-20(28)29-21(3,4)5/h10-14H,6-9H2,1-5H3,(H,23,24)(H,25,28). The molecular formula is C21H30ClN5O2S. The number of ether oxygens (including phenoxy) is 1. The molecule has 1 fully saturated rings. The number of aromatic nitrogens is 3. The van der Waals surface area contributed by atoms with E-state index in [1.165, 1.54) is 0 Å². The average Bonchev–Trinajstić information content (AvgIpc) is 3.10. The average molecular weight is 452 g/mol. The minimum Gasteiger partial charge on any atom is -0.444 e. The minimum atomic E-state index is -0.482. The summed E-state index contributed by atoms with van der Waals surface area (Å²) in [5, 5.41) is 17.6. The van der Waals surface area contributed by atoms with Crippen LogP contribution in [0.1, 0.15) is 71.2 Å². The van der Waals surface area contributed by atoms with E-state index >= 15 is 0 Å². The Labute approximate surface area is 187 Å². The van der Waals surface area contributed by atoms with E-state index in [1.807, 2.05) is 26.8 Å². The summed E-state index contributed by atoms with van der Waals surface area (Å²) in [4.78, 5) is 16.2. The SMILES string of the molecule is CC(C)Nc1cc(Cl)ncc1-c1nnc(C2CCC(NC(=O)OC(C)(C)C)CC2)s1. The van der Waals surface area contributed by atoms with Gasteiger partial charge < -0.3 is 15.4 Å². The fraction of sp³-hybridized carbons (Fsp3) is 0.619. The van der Waals surface area contributed by atoms with Gasteiger partial charge in [0, 0.05) is 29.9 Å². The first-order chi connectivity index (χ1) is 14.1. The lowest BCUT2D eigenvalue weighted by Gasteiger charge is -2.29. The van der Waals surface area contributed by atoms with Crippen molar-refractivity contribution >= 4 is 34.7 Å². The third-order valence-electron chi connectivity index (χ3n) is 4.78. The second kappa shape index (κ2) is 9.47. The number of hydrogen-bond donors (Lipinski definition) is 2. The Morgan fingerprint density at radius 2 is 1.93 bits per heavy atom. The summed E-state index contributed by atoms with van der Waals surface area (Å²) < 4.78 is 5.36. The van der Waals surface area contributed by atoms with Crippen LogP contribution in [0.15, 0.2) is 12.3 Å². The molecule has 7 nitrogen and oxygen atoms in total. The molecule has 1 aliphatic rings. The molecule has 1 aliphatic carbocycles. The Kier molecular flexibility index (Phi) is 7.18.